The second-order valence-electron chi connectivity index (χ2n) is 5.22. The van der Waals surface area contributed by atoms with Crippen LogP contribution in [0.3, 0.4) is 0 Å². The van der Waals surface area contributed by atoms with E-state index in [1.165, 1.54) is 0 Å². The highest BCUT2D eigenvalue weighted by molar-refractivity contribution is 5.87. The lowest BCUT2D eigenvalue weighted by molar-refractivity contribution is 0.0636. The van der Waals surface area contributed by atoms with E-state index in [9.17, 15) is 4.79 Å². The predicted octanol–water partition coefficient (Wildman–Crippen LogP) is 3.86. The number of ether oxygens (including phenoxy) is 2. The highest BCUT2D eigenvalue weighted by Crippen LogP contribution is 2.20. The molecule has 0 aliphatic carbocycles. The van der Waals surface area contributed by atoms with Crippen LogP contribution in [0.5, 0.6) is 5.88 Å². The molecule has 0 fully saturated rings. The molecule has 0 bridgehead atoms. The number of aromatic nitrogens is 1. The molecule has 0 unspecified atom stereocenters. The highest BCUT2D eigenvalue weighted by atomic mass is 16.6. The molecule has 0 saturated carbocycles. The molecule has 0 saturated heterocycles. The minimum Gasteiger partial charge on any atom is -0.481 e. The van der Waals surface area contributed by atoms with Gasteiger partial charge in [-0.05, 0) is 39.3 Å². The lowest BCUT2D eigenvalue weighted by atomic mass is 10.2. The van der Waals surface area contributed by atoms with Gasteiger partial charge in [-0.1, -0.05) is 13.0 Å². The number of hydrogen-bond donors (Lipinski definition) is 1. The van der Waals surface area contributed by atoms with E-state index < -0.39 is 11.7 Å². The number of rotatable bonds is 4. The molecule has 20 heavy (non-hydrogen) atoms. The largest absolute Gasteiger partial charge is 0.481 e. The van der Waals surface area contributed by atoms with E-state index in [0.29, 0.717) is 17.3 Å². The Balaban J connectivity index is 2.93. The molecule has 1 rings (SSSR count). The lowest BCUT2D eigenvalue weighted by Gasteiger charge is -2.20. The van der Waals surface area contributed by atoms with Gasteiger partial charge in [0.1, 0.15) is 5.60 Å². The molecule has 110 valence electrons. The topological polar surface area (TPSA) is 60.5 Å². The fourth-order valence-electron chi connectivity index (χ4n) is 1.45. The Morgan fingerprint density at radius 3 is 2.65 bits per heavy atom. The van der Waals surface area contributed by atoms with Crippen LogP contribution in [0.1, 0.15) is 39.8 Å². The van der Waals surface area contributed by atoms with E-state index in [1.54, 1.807) is 19.2 Å². The van der Waals surface area contributed by atoms with Crippen molar-refractivity contribution in [1.29, 1.82) is 0 Å². The van der Waals surface area contributed by atoms with Crippen molar-refractivity contribution in [2.24, 2.45) is 0 Å². The van der Waals surface area contributed by atoms with E-state index >= 15 is 0 Å². The zero-order chi connectivity index (χ0) is 15.2. The number of methoxy groups -OCH3 is 1. The fourth-order valence-corrected chi connectivity index (χ4v) is 1.45. The van der Waals surface area contributed by atoms with Crippen molar-refractivity contribution in [2.45, 2.75) is 39.7 Å². The molecule has 1 amide bonds. The first-order valence-electron chi connectivity index (χ1n) is 6.57. The first kappa shape index (κ1) is 16.0. The molecule has 0 atom stereocenters. The SMILES string of the molecule is CCC=Cc1nc(OC)ccc1NC(=O)OC(C)(C)C. The number of nitrogens with zero attached hydrogens (tertiary/aromatic N) is 1. The van der Waals surface area contributed by atoms with Gasteiger partial charge in [0.15, 0.2) is 0 Å². The summed E-state index contributed by atoms with van der Waals surface area (Å²) in [5.41, 5.74) is 0.686. The van der Waals surface area contributed by atoms with Crippen LogP contribution in [0, 0.1) is 0 Å². The molecular formula is C15H22N2O3. The van der Waals surface area contributed by atoms with Crippen LogP contribution in [0.15, 0.2) is 18.2 Å². The maximum absolute atomic E-state index is 11.8. The molecule has 5 nitrogen and oxygen atoms in total. The number of carbonyl (C=O) groups excluding carboxylic acids is 1. The molecule has 0 spiro atoms. The van der Waals surface area contributed by atoms with Crippen LogP contribution in [0.25, 0.3) is 6.08 Å². The van der Waals surface area contributed by atoms with Gasteiger partial charge in [0.2, 0.25) is 5.88 Å². The third-order valence-corrected chi connectivity index (χ3v) is 2.26. The summed E-state index contributed by atoms with van der Waals surface area (Å²) >= 11 is 0. The Morgan fingerprint density at radius 2 is 2.10 bits per heavy atom. The monoisotopic (exact) mass is 278 g/mol. The minimum atomic E-state index is -0.538. The van der Waals surface area contributed by atoms with Crippen LogP contribution >= 0.6 is 0 Å². The summed E-state index contributed by atoms with van der Waals surface area (Å²) in [7, 11) is 1.55. The summed E-state index contributed by atoms with van der Waals surface area (Å²) in [6, 6.07) is 3.43. The van der Waals surface area contributed by atoms with Crippen molar-refractivity contribution >= 4 is 17.9 Å². The Bertz CT molecular complexity index is 490. The summed E-state index contributed by atoms with van der Waals surface area (Å²) in [5, 5.41) is 2.70. The minimum absolute atomic E-state index is 0.496. The molecule has 0 aromatic carbocycles. The number of nitrogens with one attached hydrogen (secondary N) is 1. The molecule has 1 aromatic rings. The zero-order valence-corrected chi connectivity index (χ0v) is 12.7. The number of allylic oxidation sites excluding steroid dienone is 1. The van der Waals surface area contributed by atoms with Gasteiger partial charge < -0.3 is 9.47 Å². The molecule has 0 aliphatic rings. The number of amides is 1. The summed E-state index contributed by atoms with van der Waals surface area (Å²) < 4.78 is 10.3. The maximum atomic E-state index is 11.8. The molecule has 0 radical (unpaired) electrons. The average molecular weight is 278 g/mol. The average Bonchev–Trinajstić information content (AvgIpc) is 2.35. The molecule has 1 N–H and O–H groups in total. The third-order valence-electron chi connectivity index (χ3n) is 2.26. The van der Waals surface area contributed by atoms with Gasteiger partial charge in [-0.25, -0.2) is 9.78 Å². The van der Waals surface area contributed by atoms with E-state index in [4.69, 9.17) is 9.47 Å². The van der Waals surface area contributed by atoms with Crippen molar-refractivity contribution in [3.63, 3.8) is 0 Å². The fraction of sp³-hybridized carbons (Fsp3) is 0.467. The lowest BCUT2D eigenvalue weighted by Crippen LogP contribution is -2.27. The number of carbonyl (C=O) groups is 1. The molecular weight excluding hydrogens is 256 g/mol. The van der Waals surface area contributed by atoms with Gasteiger partial charge in [-0.15, -0.1) is 0 Å². The van der Waals surface area contributed by atoms with Crippen molar-refractivity contribution in [3.05, 3.63) is 23.9 Å². The van der Waals surface area contributed by atoms with Gasteiger partial charge in [-0.2, -0.15) is 0 Å². The quantitative estimate of drug-likeness (QED) is 0.908. The zero-order valence-electron chi connectivity index (χ0n) is 12.7. The van der Waals surface area contributed by atoms with Crippen molar-refractivity contribution in [1.82, 2.24) is 4.98 Å². The van der Waals surface area contributed by atoms with E-state index in [2.05, 4.69) is 10.3 Å². The number of anilines is 1. The standard InChI is InChI=1S/C15H22N2O3/c1-6-7-8-11-12(9-10-13(16-11)19-5)17-14(18)20-15(2,3)4/h7-10H,6H2,1-5H3,(H,17,18). The Hall–Kier alpha value is -2.04. The summed E-state index contributed by atoms with van der Waals surface area (Å²) in [6.45, 7) is 7.47. The number of hydrogen-bond acceptors (Lipinski definition) is 4. The first-order valence-corrected chi connectivity index (χ1v) is 6.57. The predicted molar refractivity (Wildman–Crippen MR) is 80.0 cm³/mol. The van der Waals surface area contributed by atoms with E-state index in [0.717, 1.165) is 6.42 Å². The molecule has 0 aliphatic heterocycles. The van der Waals surface area contributed by atoms with Crippen LogP contribution < -0.4 is 10.1 Å². The summed E-state index contributed by atoms with van der Waals surface area (Å²) in [5.74, 6) is 0.496. The summed E-state index contributed by atoms with van der Waals surface area (Å²) in [6.07, 6.45) is 4.18. The van der Waals surface area contributed by atoms with Crippen molar-refractivity contribution in [2.75, 3.05) is 12.4 Å². The van der Waals surface area contributed by atoms with Crippen molar-refractivity contribution in [3.8, 4) is 5.88 Å². The van der Waals surface area contributed by atoms with Gasteiger partial charge in [0.05, 0.1) is 18.5 Å². The van der Waals surface area contributed by atoms with Crippen LogP contribution in [0.2, 0.25) is 0 Å². The van der Waals surface area contributed by atoms with Crippen LogP contribution in [-0.4, -0.2) is 23.8 Å². The maximum Gasteiger partial charge on any atom is 0.412 e. The van der Waals surface area contributed by atoms with Gasteiger partial charge in [0, 0.05) is 6.07 Å². The molecule has 1 heterocycles. The van der Waals surface area contributed by atoms with Gasteiger partial charge in [-0.3, -0.25) is 5.32 Å². The smallest absolute Gasteiger partial charge is 0.412 e. The van der Waals surface area contributed by atoms with Crippen molar-refractivity contribution < 1.29 is 14.3 Å². The normalized spacial score (nSPS) is 11.4. The van der Waals surface area contributed by atoms with Crippen LogP contribution in [0.4, 0.5) is 10.5 Å². The van der Waals surface area contributed by atoms with E-state index in [-0.39, 0.29) is 0 Å². The second kappa shape index (κ2) is 6.93. The number of pyridine rings is 1. The third kappa shape index (κ3) is 5.30. The molecule has 5 heteroatoms. The Kier molecular flexibility index (Phi) is 5.55. The first-order chi connectivity index (χ1) is 9.35. The Labute approximate surface area is 120 Å². The highest BCUT2D eigenvalue weighted by Gasteiger charge is 2.17. The molecule has 1 aromatic heterocycles. The Morgan fingerprint density at radius 1 is 1.40 bits per heavy atom. The van der Waals surface area contributed by atoms with Gasteiger partial charge >= 0.3 is 6.09 Å². The summed E-state index contributed by atoms with van der Waals surface area (Å²) in [4.78, 5) is 16.1. The van der Waals surface area contributed by atoms with Gasteiger partial charge in [0.25, 0.3) is 0 Å². The van der Waals surface area contributed by atoms with Crippen LogP contribution in [-0.2, 0) is 4.74 Å². The second-order valence-corrected chi connectivity index (χ2v) is 5.22. The van der Waals surface area contributed by atoms with E-state index in [1.807, 2.05) is 39.8 Å².